The minimum atomic E-state index is -0.543. The number of rotatable bonds is 4. The van der Waals surface area contributed by atoms with Crippen molar-refractivity contribution < 1.29 is 5.11 Å². The number of nitrogens with zero attached hydrogens (tertiary/aromatic N) is 3. The van der Waals surface area contributed by atoms with Gasteiger partial charge < -0.3 is 5.11 Å². The first-order valence-electron chi connectivity index (χ1n) is 5.84. The van der Waals surface area contributed by atoms with Gasteiger partial charge in [0.2, 0.25) is 0 Å². The second kappa shape index (κ2) is 5.48. The van der Waals surface area contributed by atoms with Crippen molar-refractivity contribution >= 4 is 0 Å². The van der Waals surface area contributed by atoms with E-state index in [4.69, 9.17) is 5.26 Å². The van der Waals surface area contributed by atoms with Crippen LogP contribution in [0.1, 0.15) is 29.2 Å². The van der Waals surface area contributed by atoms with E-state index < -0.39 is 6.10 Å². The summed E-state index contributed by atoms with van der Waals surface area (Å²) < 4.78 is 1.75. The van der Waals surface area contributed by atoms with Gasteiger partial charge in [0.1, 0.15) is 0 Å². The van der Waals surface area contributed by atoms with Gasteiger partial charge >= 0.3 is 0 Å². The first-order valence-corrected chi connectivity index (χ1v) is 5.84. The van der Waals surface area contributed by atoms with Crippen molar-refractivity contribution in [2.75, 3.05) is 0 Å². The Morgan fingerprint density at radius 2 is 2.33 bits per heavy atom. The zero-order chi connectivity index (χ0) is 13.0. The van der Waals surface area contributed by atoms with Crippen LogP contribution >= 0.6 is 0 Å². The average molecular weight is 241 g/mol. The molecule has 0 aliphatic rings. The van der Waals surface area contributed by atoms with Crippen molar-refractivity contribution in [1.82, 2.24) is 9.78 Å². The van der Waals surface area contributed by atoms with E-state index in [1.807, 2.05) is 19.3 Å². The third kappa shape index (κ3) is 2.96. The lowest BCUT2D eigenvalue weighted by Crippen LogP contribution is -1.99. The number of aliphatic hydroxyl groups excluding tert-OH is 1. The van der Waals surface area contributed by atoms with E-state index in [0.717, 1.165) is 17.5 Å². The lowest BCUT2D eigenvalue weighted by molar-refractivity contribution is 0.168. The summed E-state index contributed by atoms with van der Waals surface area (Å²) in [6.45, 7) is 0. The maximum absolute atomic E-state index is 10.1. The van der Waals surface area contributed by atoms with Crippen molar-refractivity contribution in [2.45, 2.75) is 18.9 Å². The molecule has 1 N–H and O–H groups in total. The highest BCUT2D eigenvalue weighted by Crippen LogP contribution is 2.19. The van der Waals surface area contributed by atoms with E-state index in [1.54, 1.807) is 29.1 Å². The molecule has 1 heterocycles. The maximum atomic E-state index is 10.1. The van der Waals surface area contributed by atoms with E-state index >= 15 is 0 Å². The maximum Gasteiger partial charge on any atom is 0.0991 e. The van der Waals surface area contributed by atoms with Gasteiger partial charge in [-0.05, 0) is 36.1 Å². The standard InChI is InChI=1S/C14H15N3O/c1-17-10-12(9-16-17)5-6-14(18)13-4-2-3-11(7-13)8-15/h2-4,7,9-10,14,18H,5-6H2,1H3. The summed E-state index contributed by atoms with van der Waals surface area (Å²) in [6.07, 6.45) is 4.60. The van der Waals surface area contributed by atoms with Crippen LogP contribution in [-0.2, 0) is 13.5 Å². The molecule has 0 spiro atoms. The molecule has 0 amide bonds. The summed E-state index contributed by atoms with van der Waals surface area (Å²) in [6, 6.07) is 9.17. The molecule has 0 saturated heterocycles. The van der Waals surface area contributed by atoms with Crippen molar-refractivity contribution in [1.29, 1.82) is 5.26 Å². The van der Waals surface area contributed by atoms with E-state index in [9.17, 15) is 5.11 Å². The van der Waals surface area contributed by atoms with Gasteiger partial charge in [-0.15, -0.1) is 0 Å². The number of nitriles is 1. The summed E-state index contributed by atoms with van der Waals surface area (Å²) in [5.74, 6) is 0. The average Bonchev–Trinajstić information content (AvgIpc) is 2.82. The molecule has 2 aromatic rings. The van der Waals surface area contributed by atoms with Gasteiger partial charge in [-0.1, -0.05) is 12.1 Å². The molecule has 1 atom stereocenters. The van der Waals surface area contributed by atoms with Gasteiger partial charge in [-0.2, -0.15) is 10.4 Å². The zero-order valence-electron chi connectivity index (χ0n) is 10.2. The SMILES string of the molecule is Cn1cc(CCC(O)c2cccc(C#N)c2)cn1. The van der Waals surface area contributed by atoms with Crippen molar-refractivity contribution in [3.05, 3.63) is 53.3 Å². The number of aliphatic hydroxyl groups is 1. The molecular formula is C14H15N3O. The fourth-order valence-corrected chi connectivity index (χ4v) is 1.89. The quantitative estimate of drug-likeness (QED) is 0.890. The number of benzene rings is 1. The van der Waals surface area contributed by atoms with Crippen molar-refractivity contribution in [3.63, 3.8) is 0 Å². The van der Waals surface area contributed by atoms with Crippen LogP contribution in [0.15, 0.2) is 36.7 Å². The molecule has 0 aliphatic heterocycles. The highest BCUT2D eigenvalue weighted by molar-refractivity contribution is 5.33. The van der Waals surface area contributed by atoms with Crippen LogP contribution in [-0.4, -0.2) is 14.9 Å². The van der Waals surface area contributed by atoms with E-state index in [0.29, 0.717) is 12.0 Å². The Morgan fingerprint density at radius 3 is 3.00 bits per heavy atom. The number of hydrogen-bond acceptors (Lipinski definition) is 3. The third-order valence-electron chi connectivity index (χ3n) is 2.87. The molecule has 1 unspecified atom stereocenters. The Hall–Kier alpha value is -2.12. The topological polar surface area (TPSA) is 61.8 Å². The van der Waals surface area contributed by atoms with Crippen LogP contribution in [0.2, 0.25) is 0 Å². The molecular weight excluding hydrogens is 226 g/mol. The van der Waals surface area contributed by atoms with Crippen LogP contribution < -0.4 is 0 Å². The molecule has 0 saturated carbocycles. The molecule has 0 aliphatic carbocycles. The van der Waals surface area contributed by atoms with Crippen LogP contribution in [0.3, 0.4) is 0 Å². The Labute approximate surface area is 106 Å². The smallest absolute Gasteiger partial charge is 0.0991 e. The number of aromatic nitrogens is 2. The lowest BCUT2D eigenvalue weighted by atomic mass is 10.0. The first-order chi connectivity index (χ1) is 8.69. The Bertz CT molecular complexity index is 568. The van der Waals surface area contributed by atoms with E-state index in [2.05, 4.69) is 11.2 Å². The Kier molecular flexibility index (Phi) is 3.75. The molecule has 1 aromatic carbocycles. The fraction of sp³-hybridized carbons (Fsp3) is 0.286. The molecule has 4 nitrogen and oxygen atoms in total. The summed E-state index contributed by atoms with van der Waals surface area (Å²) in [7, 11) is 1.87. The highest BCUT2D eigenvalue weighted by atomic mass is 16.3. The molecule has 0 fully saturated rings. The van der Waals surface area contributed by atoms with Gasteiger partial charge in [0.15, 0.2) is 0 Å². The van der Waals surface area contributed by atoms with Crippen LogP contribution in [0.25, 0.3) is 0 Å². The van der Waals surface area contributed by atoms with Crippen LogP contribution in [0, 0.1) is 11.3 Å². The van der Waals surface area contributed by atoms with E-state index in [1.165, 1.54) is 0 Å². The van der Waals surface area contributed by atoms with Crippen LogP contribution in [0.4, 0.5) is 0 Å². The molecule has 1 aromatic heterocycles. The predicted octanol–water partition coefficient (Wildman–Crippen LogP) is 1.96. The number of aryl methyl sites for hydroxylation is 2. The summed E-state index contributed by atoms with van der Waals surface area (Å²) in [5.41, 5.74) is 2.47. The Balaban J connectivity index is 1.99. The predicted molar refractivity (Wildman–Crippen MR) is 67.6 cm³/mol. The summed E-state index contributed by atoms with van der Waals surface area (Å²) in [5, 5.41) is 23.0. The normalized spacial score (nSPS) is 12.1. The Morgan fingerprint density at radius 1 is 1.50 bits per heavy atom. The molecule has 0 bridgehead atoms. The molecule has 92 valence electrons. The van der Waals surface area contributed by atoms with Gasteiger partial charge in [0.25, 0.3) is 0 Å². The minimum absolute atomic E-state index is 0.543. The molecule has 2 rings (SSSR count). The largest absolute Gasteiger partial charge is 0.388 e. The van der Waals surface area contributed by atoms with E-state index in [-0.39, 0.29) is 0 Å². The monoisotopic (exact) mass is 241 g/mol. The third-order valence-corrected chi connectivity index (χ3v) is 2.87. The first kappa shape index (κ1) is 12.3. The zero-order valence-corrected chi connectivity index (χ0v) is 10.2. The lowest BCUT2D eigenvalue weighted by Gasteiger charge is -2.10. The molecule has 18 heavy (non-hydrogen) atoms. The molecule has 4 heteroatoms. The second-order valence-electron chi connectivity index (χ2n) is 4.31. The van der Waals surface area contributed by atoms with Gasteiger partial charge in [0, 0.05) is 13.2 Å². The molecule has 0 radical (unpaired) electrons. The summed E-state index contributed by atoms with van der Waals surface area (Å²) in [4.78, 5) is 0. The van der Waals surface area contributed by atoms with Gasteiger partial charge in [-0.25, -0.2) is 0 Å². The van der Waals surface area contributed by atoms with Crippen molar-refractivity contribution in [2.24, 2.45) is 7.05 Å². The van der Waals surface area contributed by atoms with Gasteiger partial charge in [-0.3, -0.25) is 4.68 Å². The van der Waals surface area contributed by atoms with Crippen molar-refractivity contribution in [3.8, 4) is 6.07 Å². The van der Waals surface area contributed by atoms with Crippen LogP contribution in [0.5, 0.6) is 0 Å². The fourth-order valence-electron chi connectivity index (χ4n) is 1.89. The number of hydrogen-bond donors (Lipinski definition) is 1. The second-order valence-corrected chi connectivity index (χ2v) is 4.31. The highest BCUT2D eigenvalue weighted by Gasteiger charge is 2.09. The summed E-state index contributed by atoms with van der Waals surface area (Å²) >= 11 is 0. The minimum Gasteiger partial charge on any atom is -0.388 e. The van der Waals surface area contributed by atoms with Gasteiger partial charge in [0.05, 0.1) is 23.9 Å².